The molecule has 1 aromatic carbocycles. The van der Waals surface area contributed by atoms with Crippen LogP contribution in [0.15, 0.2) is 24.3 Å². The third kappa shape index (κ3) is 3.80. The van der Waals surface area contributed by atoms with E-state index in [-0.39, 0.29) is 0 Å². The van der Waals surface area contributed by atoms with Crippen LogP contribution in [0.1, 0.15) is 13.3 Å². The van der Waals surface area contributed by atoms with Crippen LogP contribution in [0.4, 0.5) is 0 Å². The van der Waals surface area contributed by atoms with Gasteiger partial charge >= 0.3 is 0 Å². The maximum Gasteiger partial charge on any atom is 0.145 e. The Kier molecular flexibility index (Phi) is 5.13. The highest BCUT2D eigenvalue weighted by Gasteiger charge is 2.14. The molecule has 0 saturated carbocycles. The molecule has 1 rings (SSSR count). The zero-order chi connectivity index (χ0) is 11.3. The average molecular weight is 262 g/mol. The zero-order valence-corrected chi connectivity index (χ0v) is 11.4. The Morgan fingerprint density at radius 1 is 1.33 bits per heavy atom. The van der Waals surface area contributed by atoms with Crippen molar-refractivity contribution in [1.82, 2.24) is 0 Å². The van der Waals surface area contributed by atoms with Crippen molar-refractivity contribution in [3.63, 3.8) is 0 Å². The lowest BCUT2D eigenvalue weighted by Gasteiger charge is -2.16. The minimum atomic E-state index is -2.12. The second kappa shape index (κ2) is 5.90. The molecule has 0 spiro atoms. The maximum absolute atomic E-state index is 5.59. The highest BCUT2D eigenvalue weighted by molar-refractivity contribution is 8.64. The number of hydrogen-bond acceptors (Lipinski definition) is 3. The van der Waals surface area contributed by atoms with E-state index in [2.05, 4.69) is 19.2 Å². The van der Waals surface area contributed by atoms with Crippen LogP contribution in [0, 0.1) is 0 Å². The van der Waals surface area contributed by atoms with Crippen molar-refractivity contribution in [1.29, 1.82) is 0 Å². The van der Waals surface area contributed by atoms with E-state index in [1.807, 2.05) is 24.3 Å². The Hall–Kier alpha value is -0.0200. The maximum atomic E-state index is 5.59. The highest BCUT2D eigenvalue weighted by Crippen LogP contribution is 2.51. The predicted molar refractivity (Wildman–Crippen MR) is 72.1 cm³/mol. The molecule has 0 aliphatic rings. The van der Waals surface area contributed by atoms with Gasteiger partial charge in [0.25, 0.3) is 0 Å². The molecule has 1 atom stereocenters. The first-order valence-corrected chi connectivity index (χ1v) is 8.59. The van der Waals surface area contributed by atoms with E-state index in [1.165, 1.54) is 0 Å². The summed E-state index contributed by atoms with van der Waals surface area (Å²) in [6, 6.07) is 7.59. The van der Waals surface area contributed by atoms with Gasteiger partial charge in [-0.25, -0.2) is 0 Å². The first kappa shape index (κ1) is 13.0. The van der Waals surface area contributed by atoms with Gasteiger partial charge in [-0.3, -0.25) is 0 Å². The van der Waals surface area contributed by atoms with Crippen molar-refractivity contribution in [2.75, 3.05) is 13.7 Å². The molecule has 15 heavy (non-hydrogen) atoms. The smallest absolute Gasteiger partial charge is 0.145 e. The van der Waals surface area contributed by atoms with Gasteiger partial charge in [0.15, 0.2) is 0 Å². The minimum Gasteiger partial charge on any atom is -0.497 e. The number of benzene rings is 1. The van der Waals surface area contributed by atoms with Gasteiger partial charge in [-0.15, -0.1) is 12.2 Å². The minimum absolute atomic E-state index is 0.660. The Balaban J connectivity index is 2.80. The van der Waals surface area contributed by atoms with Gasteiger partial charge in [0, 0.05) is 5.30 Å². The zero-order valence-electron chi connectivity index (χ0n) is 8.84. The standard InChI is InChI=1S/C10H15O2PS2/c1-3-8-12-13(14,15)10-6-4-9(11-2)5-7-10/h4-7H,3,8H2,1-2H3,(H,14,15). The molecule has 0 bridgehead atoms. The Morgan fingerprint density at radius 3 is 2.40 bits per heavy atom. The SMILES string of the molecule is CCCOP(=S)(S)c1ccc(OC)cc1. The fraction of sp³-hybridized carbons (Fsp3) is 0.400. The number of thiol groups is 1. The number of ether oxygens (including phenoxy) is 1. The normalized spacial score (nSPS) is 14.6. The summed E-state index contributed by atoms with van der Waals surface area (Å²) in [5, 5.41) is 0.968. The number of hydrogen-bond donors (Lipinski definition) is 1. The van der Waals surface area contributed by atoms with Crippen LogP contribution in [-0.2, 0) is 16.3 Å². The Morgan fingerprint density at radius 2 is 1.93 bits per heavy atom. The summed E-state index contributed by atoms with van der Waals surface area (Å²) in [6.07, 6.45) is 0.953. The fourth-order valence-electron chi connectivity index (χ4n) is 1.06. The summed E-state index contributed by atoms with van der Waals surface area (Å²) >= 11 is 9.80. The van der Waals surface area contributed by atoms with Crippen molar-refractivity contribution in [2.45, 2.75) is 13.3 Å². The summed E-state index contributed by atoms with van der Waals surface area (Å²) < 4.78 is 10.7. The molecule has 0 N–H and O–H groups in total. The Labute approximate surface area is 101 Å². The lowest BCUT2D eigenvalue weighted by Crippen LogP contribution is -2.03. The lowest BCUT2D eigenvalue weighted by molar-refractivity contribution is 0.362. The van der Waals surface area contributed by atoms with Crippen molar-refractivity contribution >= 4 is 34.8 Å². The summed E-state index contributed by atoms with van der Waals surface area (Å²) in [5.41, 5.74) is -2.12. The largest absolute Gasteiger partial charge is 0.497 e. The molecule has 0 amide bonds. The lowest BCUT2D eigenvalue weighted by atomic mass is 10.3. The summed E-state index contributed by atoms with van der Waals surface area (Å²) in [7, 11) is 1.64. The number of rotatable bonds is 5. The summed E-state index contributed by atoms with van der Waals surface area (Å²) in [5.74, 6) is 0.817. The highest BCUT2D eigenvalue weighted by atomic mass is 32.9. The van der Waals surface area contributed by atoms with E-state index >= 15 is 0 Å². The predicted octanol–water partition coefficient (Wildman–Crippen LogP) is 2.99. The van der Waals surface area contributed by atoms with Crippen molar-refractivity contribution < 1.29 is 9.26 Å². The molecule has 0 heterocycles. The molecule has 0 fully saturated rings. The first-order valence-electron chi connectivity index (χ1n) is 4.72. The topological polar surface area (TPSA) is 18.5 Å². The molecule has 5 heteroatoms. The second-order valence-electron chi connectivity index (χ2n) is 3.05. The molecule has 1 aromatic rings. The number of methoxy groups -OCH3 is 1. The molecule has 0 aliphatic heterocycles. The molecule has 0 aliphatic carbocycles. The van der Waals surface area contributed by atoms with Crippen LogP contribution in [0.25, 0.3) is 0 Å². The van der Waals surface area contributed by atoms with Gasteiger partial charge in [-0.2, -0.15) is 0 Å². The quantitative estimate of drug-likeness (QED) is 0.650. The van der Waals surface area contributed by atoms with Crippen molar-refractivity contribution in [3.05, 3.63) is 24.3 Å². The van der Waals surface area contributed by atoms with Gasteiger partial charge < -0.3 is 9.26 Å². The van der Waals surface area contributed by atoms with E-state index in [1.54, 1.807) is 7.11 Å². The van der Waals surface area contributed by atoms with Crippen LogP contribution < -0.4 is 10.0 Å². The molecule has 0 saturated heterocycles. The molecule has 84 valence electrons. The van der Waals surface area contributed by atoms with Crippen molar-refractivity contribution in [2.24, 2.45) is 0 Å². The van der Waals surface area contributed by atoms with Crippen LogP contribution in [0.5, 0.6) is 5.75 Å². The molecular formula is C10H15O2PS2. The van der Waals surface area contributed by atoms with Crippen LogP contribution in [0.2, 0.25) is 0 Å². The molecule has 0 radical (unpaired) electrons. The van der Waals surface area contributed by atoms with Gasteiger partial charge in [0.2, 0.25) is 0 Å². The first-order chi connectivity index (χ1) is 7.10. The van der Waals surface area contributed by atoms with Crippen molar-refractivity contribution in [3.8, 4) is 5.75 Å². The molecule has 1 unspecified atom stereocenters. The van der Waals surface area contributed by atoms with Gasteiger partial charge in [0.05, 0.1) is 13.7 Å². The van der Waals surface area contributed by atoms with E-state index in [0.717, 1.165) is 17.5 Å². The van der Waals surface area contributed by atoms with E-state index < -0.39 is 5.47 Å². The second-order valence-corrected chi connectivity index (χ2v) is 8.91. The van der Waals surface area contributed by atoms with Crippen LogP contribution >= 0.6 is 17.7 Å². The van der Waals surface area contributed by atoms with Crippen LogP contribution in [0.3, 0.4) is 0 Å². The van der Waals surface area contributed by atoms with E-state index in [4.69, 9.17) is 21.1 Å². The van der Waals surface area contributed by atoms with Crippen LogP contribution in [-0.4, -0.2) is 13.7 Å². The average Bonchev–Trinajstić information content (AvgIpc) is 2.26. The molecule has 0 aromatic heterocycles. The van der Waals surface area contributed by atoms with E-state index in [9.17, 15) is 0 Å². The molecule has 2 nitrogen and oxygen atoms in total. The summed E-state index contributed by atoms with van der Waals surface area (Å²) in [4.78, 5) is 0. The summed E-state index contributed by atoms with van der Waals surface area (Å²) in [6.45, 7) is 2.71. The van der Waals surface area contributed by atoms with E-state index in [0.29, 0.717) is 6.61 Å². The monoisotopic (exact) mass is 262 g/mol. The third-order valence-corrected chi connectivity index (χ3v) is 5.34. The van der Waals surface area contributed by atoms with Gasteiger partial charge in [0.1, 0.15) is 11.2 Å². The third-order valence-electron chi connectivity index (χ3n) is 1.87. The van der Waals surface area contributed by atoms with Gasteiger partial charge in [-0.1, -0.05) is 18.7 Å². The Bertz CT molecular complexity index is 351. The van der Waals surface area contributed by atoms with Gasteiger partial charge in [-0.05, 0) is 30.7 Å². The fourth-order valence-corrected chi connectivity index (χ4v) is 3.40. The molecular weight excluding hydrogens is 247 g/mol.